The van der Waals surface area contributed by atoms with E-state index in [4.69, 9.17) is 5.11 Å². The van der Waals surface area contributed by atoms with Gasteiger partial charge in [0.1, 0.15) is 0 Å². The molecule has 0 aromatic carbocycles. The molecule has 0 spiro atoms. The minimum Gasteiger partial charge on any atom is -0.396 e. The molecule has 0 bridgehead atoms. The maximum Gasteiger partial charge on any atom is 0.0461 e. The van der Waals surface area contributed by atoms with E-state index in [0.29, 0.717) is 12.5 Å². The first kappa shape index (κ1) is 8.06. The van der Waals surface area contributed by atoms with Gasteiger partial charge in [-0.25, -0.2) is 0 Å². The van der Waals surface area contributed by atoms with Gasteiger partial charge >= 0.3 is 0 Å². The zero-order chi connectivity index (χ0) is 7.56. The van der Waals surface area contributed by atoms with Crippen LogP contribution in [0.4, 0.5) is 0 Å². The van der Waals surface area contributed by atoms with Crippen LogP contribution in [-0.4, -0.2) is 11.7 Å². The second-order valence-electron chi connectivity index (χ2n) is 3.71. The lowest BCUT2D eigenvalue weighted by atomic mass is 9.74. The van der Waals surface area contributed by atoms with E-state index in [1.54, 1.807) is 0 Å². The quantitative estimate of drug-likeness (QED) is 0.594. The molecule has 0 amide bonds. The molecule has 1 rings (SSSR count). The van der Waals surface area contributed by atoms with E-state index in [9.17, 15) is 0 Å². The van der Waals surface area contributed by atoms with Crippen LogP contribution in [0.3, 0.4) is 0 Å². The molecule has 0 aliphatic heterocycles. The maximum absolute atomic E-state index is 8.98. The van der Waals surface area contributed by atoms with Gasteiger partial charge in [0.25, 0.3) is 0 Å². The lowest BCUT2D eigenvalue weighted by Crippen LogP contribution is -2.26. The molecule has 60 valence electrons. The zero-order valence-corrected chi connectivity index (χ0v) is 7.01. The number of aliphatic hydroxyl groups excluding tert-OH is 1. The second kappa shape index (κ2) is 3.38. The van der Waals surface area contributed by atoms with Crippen LogP contribution in [0, 0.1) is 17.8 Å². The van der Waals surface area contributed by atoms with E-state index >= 15 is 0 Å². The van der Waals surface area contributed by atoms with Gasteiger partial charge in [0.05, 0.1) is 0 Å². The van der Waals surface area contributed by atoms with Gasteiger partial charge < -0.3 is 5.11 Å². The first-order valence-electron chi connectivity index (χ1n) is 4.36. The monoisotopic (exact) mass is 142 g/mol. The van der Waals surface area contributed by atoms with Crippen LogP contribution in [0.2, 0.25) is 0 Å². The smallest absolute Gasteiger partial charge is 0.0461 e. The van der Waals surface area contributed by atoms with Crippen molar-refractivity contribution in [2.45, 2.75) is 33.1 Å². The molecule has 1 saturated carbocycles. The summed E-state index contributed by atoms with van der Waals surface area (Å²) < 4.78 is 0. The SMILES string of the molecule is C[C@@H]1CCCC(CO)[C@H]1C. The predicted molar refractivity (Wildman–Crippen MR) is 42.8 cm³/mol. The lowest BCUT2D eigenvalue weighted by molar-refractivity contribution is 0.108. The summed E-state index contributed by atoms with van der Waals surface area (Å²) in [5.74, 6) is 2.15. The Balaban J connectivity index is 2.42. The van der Waals surface area contributed by atoms with Crippen LogP contribution >= 0.6 is 0 Å². The van der Waals surface area contributed by atoms with Crippen molar-refractivity contribution < 1.29 is 5.11 Å². The van der Waals surface area contributed by atoms with Crippen molar-refractivity contribution >= 4 is 0 Å². The highest BCUT2D eigenvalue weighted by Crippen LogP contribution is 2.33. The van der Waals surface area contributed by atoms with Gasteiger partial charge in [0.2, 0.25) is 0 Å². The first-order valence-corrected chi connectivity index (χ1v) is 4.36. The molecule has 0 heterocycles. The molecule has 0 saturated heterocycles. The van der Waals surface area contributed by atoms with E-state index in [2.05, 4.69) is 13.8 Å². The number of hydrogen-bond donors (Lipinski definition) is 1. The van der Waals surface area contributed by atoms with Crippen molar-refractivity contribution in [3.05, 3.63) is 0 Å². The lowest BCUT2D eigenvalue weighted by Gasteiger charge is -2.32. The Labute approximate surface area is 63.4 Å². The van der Waals surface area contributed by atoms with E-state index in [1.165, 1.54) is 19.3 Å². The molecule has 1 N–H and O–H groups in total. The van der Waals surface area contributed by atoms with Crippen molar-refractivity contribution in [1.29, 1.82) is 0 Å². The van der Waals surface area contributed by atoms with E-state index in [0.717, 1.165) is 11.8 Å². The van der Waals surface area contributed by atoms with Crippen LogP contribution < -0.4 is 0 Å². The minimum atomic E-state index is 0.394. The fraction of sp³-hybridized carbons (Fsp3) is 1.00. The van der Waals surface area contributed by atoms with Crippen LogP contribution in [0.25, 0.3) is 0 Å². The Morgan fingerprint density at radius 3 is 2.50 bits per heavy atom. The Kier molecular flexibility index (Phi) is 2.72. The molecule has 1 heteroatoms. The molecule has 1 aliphatic carbocycles. The molecular weight excluding hydrogens is 124 g/mol. The van der Waals surface area contributed by atoms with Gasteiger partial charge in [-0.2, -0.15) is 0 Å². The number of hydrogen-bond acceptors (Lipinski definition) is 1. The normalized spacial score (nSPS) is 41.7. The molecule has 3 atom stereocenters. The van der Waals surface area contributed by atoms with Gasteiger partial charge in [-0.3, -0.25) is 0 Å². The Morgan fingerprint density at radius 1 is 1.30 bits per heavy atom. The highest BCUT2D eigenvalue weighted by Gasteiger charge is 2.25. The fourth-order valence-corrected chi connectivity index (χ4v) is 1.95. The molecular formula is C9H18O. The Bertz CT molecular complexity index is 101. The van der Waals surface area contributed by atoms with Crippen LogP contribution in [0.5, 0.6) is 0 Å². The van der Waals surface area contributed by atoms with Crippen molar-refractivity contribution in [2.24, 2.45) is 17.8 Å². The molecule has 0 aromatic heterocycles. The molecule has 0 radical (unpaired) electrons. The van der Waals surface area contributed by atoms with Gasteiger partial charge in [0, 0.05) is 6.61 Å². The van der Waals surface area contributed by atoms with Crippen LogP contribution in [-0.2, 0) is 0 Å². The fourth-order valence-electron chi connectivity index (χ4n) is 1.95. The molecule has 10 heavy (non-hydrogen) atoms. The van der Waals surface area contributed by atoms with E-state index in [1.807, 2.05) is 0 Å². The number of rotatable bonds is 1. The summed E-state index contributed by atoms with van der Waals surface area (Å²) in [5, 5.41) is 8.98. The summed E-state index contributed by atoms with van der Waals surface area (Å²) in [6, 6.07) is 0. The minimum absolute atomic E-state index is 0.394. The Hall–Kier alpha value is -0.0400. The predicted octanol–water partition coefficient (Wildman–Crippen LogP) is 2.05. The van der Waals surface area contributed by atoms with Crippen LogP contribution in [0.15, 0.2) is 0 Å². The third kappa shape index (κ3) is 1.51. The molecule has 1 nitrogen and oxygen atoms in total. The van der Waals surface area contributed by atoms with Crippen molar-refractivity contribution in [3.63, 3.8) is 0 Å². The summed E-state index contributed by atoms with van der Waals surface area (Å²) in [6.45, 7) is 4.96. The summed E-state index contributed by atoms with van der Waals surface area (Å²) in [6.07, 6.45) is 3.91. The standard InChI is InChI=1S/C9H18O/c1-7-4-3-5-9(6-10)8(7)2/h7-10H,3-6H2,1-2H3/t7-,8+,9?/m1/s1. The van der Waals surface area contributed by atoms with Gasteiger partial charge in [-0.05, 0) is 24.2 Å². The molecule has 1 fully saturated rings. The van der Waals surface area contributed by atoms with Gasteiger partial charge in [-0.1, -0.05) is 26.7 Å². The third-order valence-corrected chi connectivity index (χ3v) is 3.11. The third-order valence-electron chi connectivity index (χ3n) is 3.11. The van der Waals surface area contributed by atoms with E-state index < -0.39 is 0 Å². The molecule has 0 aromatic rings. The average Bonchev–Trinajstić information content (AvgIpc) is 1.95. The van der Waals surface area contributed by atoms with Crippen molar-refractivity contribution in [2.75, 3.05) is 6.61 Å². The maximum atomic E-state index is 8.98. The summed E-state index contributed by atoms with van der Waals surface area (Å²) in [4.78, 5) is 0. The largest absolute Gasteiger partial charge is 0.396 e. The first-order chi connectivity index (χ1) is 4.75. The van der Waals surface area contributed by atoms with Crippen LogP contribution in [0.1, 0.15) is 33.1 Å². The highest BCUT2D eigenvalue weighted by atomic mass is 16.3. The topological polar surface area (TPSA) is 20.2 Å². The Morgan fingerprint density at radius 2 is 2.00 bits per heavy atom. The summed E-state index contributed by atoms with van der Waals surface area (Å²) >= 11 is 0. The molecule has 1 unspecified atom stereocenters. The average molecular weight is 142 g/mol. The summed E-state index contributed by atoms with van der Waals surface area (Å²) in [5.41, 5.74) is 0. The van der Waals surface area contributed by atoms with Crippen molar-refractivity contribution in [3.8, 4) is 0 Å². The highest BCUT2D eigenvalue weighted by molar-refractivity contribution is 4.76. The molecule has 1 aliphatic rings. The number of aliphatic hydroxyl groups is 1. The van der Waals surface area contributed by atoms with Gasteiger partial charge in [-0.15, -0.1) is 0 Å². The summed E-state index contributed by atoms with van der Waals surface area (Å²) in [7, 11) is 0. The van der Waals surface area contributed by atoms with Gasteiger partial charge in [0.15, 0.2) is 0 Å². The van der Waals surface area contributed by atoms with E-state index in [-0.39, 0.29) is 0 Å². The second-order valence-corrected chi connectivity index (χ2v) is 3.71. The van der Waals surface area contributed by atoms with Crippen molar-refractivity contribution in [1.82, 2.24) is 0 Å². The zero-order valence-electron chi connectivity index (χ0n) is 7.01.